The van der Waals surface area contributed by atoms with Crippen LogP contribution in [0.15, 0.2) is 48.5 Å². The van der Waals surface area contributed by atoms with Gasteiger partial charge in [-0.15, -0.1) is 0 Å². The van der Waals surface area contributed by atoms with Gasteiger partial charge < -0.3 is 10.1 Å². The normalized spacial score (nSPS) is 15.3. The number of benzene rings is 2. The Hall–Kier alpha value is -3.15. The van der Waals surface area contributed by atoms with Crippen molar-refractivity contribution in [3.05, 3.63) is 59.7 Å². The Morgan fingerprint density at radius 1 is 0.931 bits per heavy atom. The standard InChI is InChI=1S/C14H17NO3.C9H9NO/c1-14(2,3)18-13(17)15-9-8-12(16)10-6-4-5-7-11(10)15;11-9-5-6-10-8-4-2-1-3-7(8)9/h4-7H,8-9H2,1-3H3;1-4,10H,5-6H2. The maximum Gasteiger partial charge on any atom is 0.414 e. The minimum absolute atomic E-state index is 0.0745. The molecule has 0 aliphatic carbocycles. The number of Topliss-reactive ketones (excluding diaryl/α,β-unsaturated/α-hetero) is 2. The highest BCUT2D eigenvalue weighted by Gasteiger charge is 2.30. The van der Waals surface area contributed by atoms with E-state index in [2.05, 4.69) is 5.32 Å². The molecule has 1 amide bonds. The SMILES string of the molecule is CC(C)(C)OC(=O)N1CCC(=O)c2ccccc21.O=C1CCNc2ccccc21. The van der Waals surface area contributed by atoms with Crippen molar-refractivity contribution in [3.63, 3.8) is 0 Å². The fourth-order valence-electron chi connectivity index (χ4n) is 3.25. The van der Waals surface area contributed by atoms with Gasteiger partial charge in [-0.1, -0.05) is 24.3 Å². The van der Waals surface area contributed by atoms with Crippen LogP contribution in [0.1, 0.15) is 54.3 Å². The van der Waals surface area contributed by atoms with Crippen molar-refractivity contribution in [3.8, 4) is 0 Å². The van der Waals surface area contributed by atoms with Crippen LogP contribution < -0.4 is 10.2 Å². The molecule has 0 unspecified atom stereocenters. The van der Waals surface area contributed by atoms with E-state index < -0.39 is 11.7 Å². The lowest BCUT2D eigenvalue weighted by Crippen LogP contribution is -2.41. The van der Waals surface area contributed by atoms with E-state index in [0.717, 1.165) is 17.8 Å². The Labute approximate surface area is 170 Å². The Morgan fingerprint density at radius 2 is 1.55 bits per heavy atom. The van der Waals surface area contributed by atoms with Gasteiger partial charge in [-0.05, 0) is 45.0 Å². The van der Waals surface area contributed by atoms with E-state index in [-0.39, 0.29) is 11.6 Å². The predicted octanol–water partition coefficient (Wildman–Crippen LogP) is 4.70. The molecular formula is C23H26N2O4. The number of anilines is 2. The molecule has 0 atom stereocenters. The van der Waals surface area contributed by atoms with Crippen molar-refractivity contribution < 1.29 is 19.1 Å². The van der Waals surface area contributed by atoms with E-state index in [4.69, 9.17) is 4.74 Å². The minimum Gasteiger partial charge on any atom is -0.443 e. The molecule has 0 radical (unpaired) electrons. The molecule has 152 valence electrons. The maximum absolute atomic E-state index is 12.1. The van der Waals surface area contributed by atoms with Gasteiger partial charge in [0.25, 0.3) is 0 Å². The van der Waals surface area contributed by atoms with Gasteiger partial charge in [-0.3, -0.25) is 14.5 Å². The topological polar surface area (TPSA) is 75.7 Å². The first kappa shape index (κ1) is 20.6. The molecule has 4 rings (SSSR count). The summed E-state index contributed by atoms with van der Waals surface area (Å²) in [5.41, 5.74) is 2.51. The minimum atomic E-state index is -0.534. The smallest absolute Gasteiger partial charge is 0.414 e. The lowest BCUT2D eigenvalue weighted by molar-refractivity contribution is 0.0577. The summed E-state index contributed by atoms with van der Waals surface area (Å²) in [5, 5.41) is 3.17. The van der Waals surface area contributed by atoms with E-state index >= 15 is 0 Å². The lowest BCUT2D eigenvalue weighted by Gasteiger charge is -2.30. The second kappa shape index (κ2) is 8.47. The highest BCUT2D eigenvalue weighted by Crippen LogP contribution is 2.28. The summed E-state index contributed by atoms with van der Waals surface area (Å²) < 4.78 is 5.34. The zero-order valence-electron chi connectivity index (χ0n) is 17.0. The monoisotopic (exact) mass is 394 g/mol. The average Bonchev–Trinajstić information content (AvgIpc) is 2.68. The molecule has 2 heterocycles. The number of rotatable bonds is 0. The summed E-state index contributed by atoms with van der Waals surface area (Å²) in [6.07, 6.45) is 0.565. The number of fused-ring (bicyclic) bond motifs is 2. The average molecular weight is 394 g/mol. The quantitative estimate of drug-likeness (QED) is 0.701. The summed E-state index contributed by atoms with van der Waals surface area (Å²) in [5.74, 6) is 0.324. The van der Waals surface area contributed by atoms with Gasteiger partial charge in [0.15, 0.2) is 11.6 Å². The van der Waals surface area contributed by atoms with E-state index in [9.17, 15) is 14.4 Å². The van der Waals surface area contributed by atoms with E-state index in [1.54, 1.807) is 18.2 Å². The van der Waals surface area contributed by atoms with Gasteiger partial charge in [0.1, 0.15) is 5.60 Å². The molecule has 6 heteroatoms. The van der Waals surface area contributed by atoms with Crippen molar-refractivity contribution in [2.75, 3.05) is 23.3 Å². The van der Waals surface area contributed by atoms with Crippen molar-refractivity contribution in [2.45, 2.75) is 39.2 Å². The number of ether oxygens (including phenoxy) is 1. The second-order valence-corrected chi connectivity index (χ2v) is 7.97. The number of carbonyl (C=O) groups excluding carboxylic acids is 3. The summed E-state index contributed by atoms with van der Waals surface area (Å²) >= 11 is 0. The molecule has 0 saturated heterocycles. The molecular weight excluding hydrogens is 368 g/mol. The predicted molar refractivity (Wildman–Crippen MR) is 113 cm³/mol. The number of carbonyl (C=O) groups is 3. The van der Waals surface area contributed by atoms with E-state index in [0.29, 0.717) is 30.6 Å². The summed E-state index contributed by atoms with van der Waals surface area (Å²) in [7, 11) is 0. The van der Waals surface area contributed by atoms with Crippen molar-refractivity contribution in [1.29, 1.82) is 0 Å². The van der Waals surface area contributed by atoms with Gasteiger partial charge in [-0.25, -0.2) is 4.79 Å². The van der Waals surface area contributed by atoms with Crippen LogP contribution in [0.3, 0.4) is 0 Å². The number of amides is 1. The largest absolute Gasteiger partial charge is 0.443 e. The zero-order valence-corrected chi connectivity index (χ0v) is 17.0. The van der Waals surface area contributed by atoms with Gasteiger partial charge >= 0.3 is 6.09 Å². The summed E-state index contributed by atoms with van der Waals surface area (Å²) in [6, 6.07) is 14.8. The molecule has 1 N–H and O–H groups in total. The van der Waals surface area contributed by atoms with Crippen molar-refractivity contribution in [2.24, 2.45) is 0 Å². The Morgan fingerprint density at radius 3 is 2.24 bits per heavy atom. The fraction of sp³-hybridized carbons (Fsp3) is 0.348. The molecule has 0 fully saturated rings. The molecule has 2 aliphatic rings. The van der Waals surface area contributed by atoms with Crippen LogP contribution in [-0.2, 0) is 4.74 Å². The van der Waals surface area contributed by atoms with E-state index in [1.807, 2.05) is 51.1 Å². The van der Waals surface area contributed by atoms with Crippen LogP contribution in [0.25, 0.3) is 0 Å². The highest BCUT2D eigenvalue weighted by atomic mass is 16.6. The third kappa shape index (κ3) is 5.02. The molecule has 29 heavy (non-hydrogen) atoms. The first-order valence-corrected chi connectivity index (χ1v) is 9.75. The van der Waals surface area contributed by atoms with Gasteiger partial charge in [0.2, 0.25) is 0 Å². The molecule has 0 spiro atoms. The molecule has 0 aromatic heterocycles. The third-order valence-corrected chi connectivity index (χ3v) is 4.57. The maximum atomic E-state index is 12.1. The number of para-hydroxylation sites is 2. The third-order valence-electron chi connectivity index (χ3n) is 4.57. The van der Waals surface area contributed by atoms with Crippen LogP contribution in [0.4, 0.5) is 16.2 Å². The fourth-order valence-corrected chi connectivity index (χ4v) is 3.25. The van der Waals surface area contributed by atoms with Gasteiger partial charge in [0, 0.05) is 42.7 Å². The second-order valence-electron chi connectivity index (χ2n) is 7.97. The number of ketones is 2. The van der Waals surface area contributed by atoms with Crippen LogP contribution in [0.5, 0.6) is 0 Å². The Balaban J connectivity index is 0.000000186. The number of hydrogen-bond acceptors (Lipinski definition) is 5. The Bertz CT molecular complexity index is 930. The van der Waals surface area contributed by atoms with Crippen molar-refractivity contribution >= 4 is 29.0 Å². The number of hydrogen-bond donors (Lipinski definition) is 1. The van der Waals surface area contributed by atoms with Crippen LogP contribution in [0.2, 0.25) is 0 Å². The molecule has 0 bridgehead atoms. The molecule has 2 aromatic carbocycles. The van der Waals surface area contributed by atoms with E-state index in [1.165, 1.54) is 4.90 Å². The zero-order chi connectivity index (χ0) is 21.0. The van der Waals surface area contributed by atoms with Crippen LogP contribution >= 0.6 is 0 Å². The first-order chi connectivity index (χ1) is 13.8. The number of nitrogens with one attached hydrogen (secondary N) is 1. The number of nitrogens with zero attached hydrogens (tertiary/aromatic N) is 1. The molecule has 2 aromatic rings. The highest BCUT2D eigenvalue weighted by molar-refractivity contribution is 6.07. The Kier molecular flexibility index (Phi) is 6.01. The van der Waals surface area contributed by atoms with Crippen LogP contribution in [-0.4, -0.2) is 36.4 Å². The van der Waals surface area contributed by atoms with Gasteiger partial charge in [0.05, 0.1) is 5.69 Å². The molecule has 2 aliphatic heterocycles. The van der Waals surface area contributed by atoms with Crippen molar-refractivity contribution in [1.82, 2.24) is 0 Å². The molecule has 0 saturated carbocycles. The van der Waals surface area contributed by atoms with Gasteiger partial charge in [-0.2, -0.15) is 0 Å². The molecule has 6 nitrogen and oxygen atoms in total. The van der Waals surface area contributed by atoms with Crippen LogP contribution in [0, 0.1) is 0 Å². The summed E-state index contributed by atoms with van der Waals surface area (Å²) in [6.45, 7) is 6.63. The summed E-state index contributed by atoms with van der Waals surface area (Å²) in [4.78, 5) is 36.6. The lowest BCUT2D eigenvalue weighted by atomic mass is 10.0. The first-order valence-electron chi connectivity index (χ1n) is 9.75.